The molecular weight excluding hydrogens is 441 g/mol. The first kappa shape index (κ1) is 22.3. The van der Waals surface area contributed by atoms with Gasteiger partial charge in [0, 0.05) is 30.6 Å². The molecule has 12 heteroatoms. The second-order valence-electron chi connectivity index (χ2n) is 7.69. The molecule has 2 aromatic heterocycles. The molecule has 0 bridgehead atoms. The summed E-state index contributed by atoms with van der Waals surface area (Å²) in [7, 11) is -3.42. The average Bonchev–Trinajstić information content (AvgIpc) is 3.03. The number of thiazole rings is 1. The Labute approximate surface area is 178 Å². The van der Waals surface area contributed by atoms with Gasteiger partial charge in [0.15, 0.2) is 0 Å². The van der Waals surface area contributed by atoms with Crippen molar-refractivity contribution in [2.45, 2.75) is 44.5 Å². The van der Waals surface area contributed by atoms with Crippen molar-refractivity contribution in [3.05, 3.63) is 22.3 Å². The van der Waals surface area contributed by atoms with Crippen LogP contribution >= 0.6 is 22.9 Å². The minimum absolute atomic E-state index is 0.198. The van der Waals surface area contributed by atoms with Gasteiger partial charge < -0.3 is 10.4 Å². The monoisotopic (exact) mass is 463 g/mol. The zero-order chi connectivity index (χ0) is 21.4. The number of alkyl halides is 1. The van der Waals surface area contributed by atoms with E-state index < -0.39 is 27.8 Å². The van der Waals surface area contributed by atoms with Crippen LogP contribution in [0.15, 0.2) is 12.4 Å². The summed E-state index contributed by atoms with van der Waals surface area (Å²) in [4.78, 5) is 13.7. The molecule has 0 spiro atoms. The molecule has 1 fully saturated rings. The highest BCUT2D eigenvalue weighted by atomic mass is 35.5. The lowest BCUT2D eigenvalue weighted by molar-refractivity contribution is 0.0818. The molecule has 3 heterocycles. The predicted octanol–water partition coefficient (Wildman–Crippen LogP) is 2.35. The van der Waals surface area contributed by atoms with Gasteiger partial charge in [0.25, 0.3) is 0 Å². The summed E-state index contributed by atoms with van der Waals surface area (Å²) >= 11 is 7.60. The second-order valence-corrected chi connectivity index (χ2v) is 11.2. The number of hydrogen-bond donors (Lipinski definition) is 2. The largest absolute Gasteiger partial charge is 0.390 e. The van der Waals surface area contributed by atoms with Crippen molar-refractivity contribution < 1.29 is 17.9 Å². The lowest BCUT2D eigenvalue weighted by Gasteiger charge is -2.33. The number of hydrogen-bond acceptors (Lipinski definition) is 8. The van der Waals surface area contributed by atoms with Gasteiger partial charge in [-0.3, -0.25) is 0 Å². The van der Waals surface area contributed by atoms with Crippen molar-refractivity contribution in [2.24, 2.45) is 0 Å². The van der Waals surface area contributed by atoms with Crippen molar-refractivity contribution in [3.8, 4) is 10.7 Å². The van der Waals surface area contributed by atoms with Gasteiger partial charge in [0.05, 0.1) is 29.1 Å². The van der Waals surface area contributed by atoms with Crippen LogP contribution in [0.2, 0.25) is 5.02 Å². The van der Waals surface area contributed by atoms with Crippen molar-refractivity contribution in [1.29, 1.82) is 0 Å². The van der Waals surface area contributed by atoms with E-state index in [2.05, 4.69) is 20.3 Å². The highest BCUT2D eigenvalue weighted by Crippen LogP contribution is 2.31. The maximum absolute atomic E-state index is 14.5. The molecule has 160 valence electrons. The van der Waals surface area contributed by atoms with Gasteiger partial charge in [-0.05, 0) is 20.3 Å². The Bertz CT molecular complexity index is 980. The number of piperidine rings is 1. The zero-order valence-electron chi connectivity index (χ0n) is 16.3. The van der Waals surface area contributed by atoms with E-state index >= 15 is 0 Å². The fourth-order valence-electron chi connectivity index (χ4n) is 3.02. The Morgan fingerprint density at radius 3 is 2.76 bits per heavy atom. The third-order valence-corrected chi connectivity index (χ3v) is 6.95. The topological polar surface area (TPSA) is 108 Å². The molecule has 1 aliphatic heterocycles. The second kappa shape index (κ2) is 8.38. The molecule has 29 heavy (non-hydrogen) atoms. The van der Waals surface area contributed by atoms with Crippen LogP contribution in [0.5, 0.6) is 0 Å². The van der Waals surface area contributed by atoms with E-state index in [0.717, 1.165) is 15.4 Å². The van der Waals surface area contributed by atoms with Gasteiger partial charge >= 0.3 is 0 Å². The molecule has 3 rings (SSSR count). The first-order chi connectivity index (χ1) is 13.4. The predicted molar refractivity (Wildman–Crippen MR) is 111 cm³/mol. The molecule has 0 unspecified atom stereocenters. The maximum Gasteiger partial charge on any atom is 0.223 e. The van der Waals surface area contributed by atoms with Crippen LogP contribution in [0, 0.1) is 0 Å². The Hall–Kier alpha value is -1.40. The molecule has 0 radical (unpaired) electrons. The van der Waals surface area contributed by atoms with Crippen molar-refractivity contribution in [3.63, 3.8) is 0 Å². The van der Waals surface area contributed by atoms with Crippen LogP contribution in [-0.4, -0.2) is 69.9 Å². The summed E-state index contributed by atoms with van der Waals surface area (Å²) in [6.07, 6.45) is 3.51. The summed E-state index contributed by atoms with van der Waals surface area (Å²) < 4.78 is 38.8. The Kier molecular flexibility index (Phi) is 6.44. The van der Waals surface area contributed by atoms with E-state index in [-0.39, 0.29) is 19.0 Å². The minimum atomic E-state index is -3.42. The zero-order valence-corrected chi connectivity index (χ0v) is 18.7. The molecule has 2 aromatic rings. The van der Waals surface area contributed by atoms with Gasteiger partial charge in [-0.25, -0.2) is 27.8 Å². The molecule has 2 atom stereocenters. The van der Waals surface area contributed by atoms with E-state index in [0.29, 0.717) is 28.6 Å². The fraction of sp³-hybridized carbons (Fsp3) is 0.588. The van der Waals surface area contributed by atoms with Gasteiger partial charge in [0.1, 0.15) is 16.9 Å². The third-order valence-electron chi connectivity index (χ3n) is 4.39. The standard InChI is InChI=1S/C17H23ClFN5O3S2/c1-17(2,25)6-10-7-20-15(28-10)14-11(18)8-21-16(23-14)22-13-4-5-24(9-12(13)19)29(3,26)27/h7-8,12-13,25H,4-6,9H2,1-3H3,(H,21,22,23)/t12-,13+/m1/s1. The van der Waals surface area contributed by atoms with E-state index in [4.69, 9.17) is 11.6 Å². The van der Waals surface area contributed by atoms with Crippen molar-refractivity contribution >= 4 is 38.9 Å². The quantitative estimate of drug-likeness (QED) is 0.676. The number of aliphatic hydroxyl groups is 1. The lowest BCUT2D eigenvalue weighted by Crippen LogP contribution is -2.49. The summed E-state index contributed by atoms with van der Waals surface area (Å²) in [5.41, 5.74) is -0.441. The van der Waals surface area contributed by atoms with E-state index in [9.17, 15) is 17.9 Å². The van der Waals surface area contributed by atoms with E-state index in [1.165, 1.54) is 17.5 Å². The van der Waals surface area contributed by atoms with Crippen molar-refractivity contribution in [1.82, 2.24) is 19.3 Å². The summed E-state index contributed by atoms with van der Waals surface area (Å²) in [6.45, 7) is 3.46. The third kappa shape index (κ3) is 5.82. The minimum Gasteiger partial charge on any atom is -0.390 e. The van der Waals surface area contributed by atoms with Gasteiger partial charge in [-0.2, -0.15) is 4.31 Å². The van der Waals surface area contributed by atoms with Gasteiger partial charge in [0.2, 0.25) is 16.0 Å². The normalized spacial score (nSPS) is 21.3. The number of nitrogens with one attached hydrogen (secondary N) is 1. The summed E-state index contributed by atoms with van der Waals surface area (Å²) in [6, 6.07) is -0.607. The first-order valence-electron chi connectivity index (χ1n) is 8.98. The van der Waals surface area contributed by atoms with Gasteiger partial charge in [-0.1, -0.05) is 11.6 Å². The number of nitrogens with zero attached hydrogens (tertiary/aromatic N) is 4. The molecule has 0 aromatic carbocycles. The summed E-state index contributed by atoms with van der Waals surface area (Å²) in [5, 5.41) is 13.8. The van der Waals surface area contributed by atoms with Crippen molar-refractivity contribution in [2.75, 3.05) is 24.7 Å². The number of anilines is 1. The molecule has 2 N–H and O–H groups in total. The Morgan fingerprint density at radius 1 is 1.41 bits per heavy atom. The number of sulfonamides is 1. The maximum atomic E-state index is 14.5. The Balaban J connectivity index is 1.75. The van der Waals surface area contributed by atoms with E-state index in [1.807, 2.05) is 0 Å². The van der Waals surface area contributed by atoms with Crippen LogP contribution < -0.4 is 5.32 Å². The lowest BCUT2D eigenvalue weighted by atomic mass is 10.1. The first-order valence-corrected chi connectivity index (χ1v) is 12.0. The van der Waals surface area contributed by atoms with Crippen LogP contribution in [0.4, 0.5) is 10.3 Å². The fourth-order valence-corrected chi connectivity index (χ4v) is 5.24. The highest BCUT2D eigenvalue weighted by Gasteiger charge is 2.33. The molecule has 0 saturated carbocycles. The molecule has 1 aliphatic rings. The Morgan fingerprint density at radius 2 is 2.14 bits per heavy atom. The molecular formula is C17H23ClFN5O3S2. The molecule has 0 aliphatic carbocycles. The highest BCUT2D eigenvalue weighted by molar-refractivity contribution is 7.88. The molecule has 8 nitrogen and oxygen atoms in total. The molecule has 1 saturated heterocycles. The van der Waals surface area contributed by atoms with Gasteiger partial charge in [-0.15, -0.1) is 11.3 Å². The number of halogens is 2. The number of aromatic nitrogens is 3. The van der Waals surface area contributed by atoms with Crippen LogP contribution in [0.25, 0.3) is 10.7 Å². The van der Waals surface area contributed by atoms with E-state index in [1.54, 1.807) is 20.0 Å². The smallest absolute Gasteiger partial charge is 0.223 e. The SMILES string of the molecule is CC(C)(O)Cc1cnc(-c2nc(N[C@H]3CCN(S(C)(=O)=O)C[C@H]3F)ncc2Cl)s1. The van der Waals surface area contributed by atoms with Crippen LogP contribution in [0.1, 0.15) is 25.1 Å². The average molecular weight is 464 g/mol. The summed E-state index contributed by atoms with van der Waals surface area (Å²) in [5.74, 6) is 0.198. The van der Waals surface area contributed by atoms with Crippen LogP contribution in [0.3, 0.4) is 0 Å². The molecule has 0 amide bonds. The number of rotatable bonds is 6. The van der Waals surface area contributed by atoms with Crippen LogP contribution in [-0.2, 0) is 16.4 Å².